The molecule has 1 aliphatic heterocycles. The lowest BCUT2D eigenvalue weighted by Gasteiger charge is -2.37. The lowest BCUT2D eigenvalue weighted by molar-refractivity contribution is -0.142. The van der Waals surface area contributed by atoms with Gasteiger partial charge in [-0.25, -0.2) is 9.59 Å². The van der Waals surface area contributed by atoms with Crippen molar-refractivity contribution in [1.29, 1.82) is 0 Å². The number of rotatable bonds is 7. The molecule has 3 N–H and O–H groups in total. The molecule has 43 heavy (non-hydrogen) atoms. The zero-order chi connectivity index (χ0) is 31.5. The lowest BCUT2D eigenvalue weighted by Crippen LogP contribution is -2.56. The van der Waals surface area contributed by atoms with Crippen molar-refractivity contribution in [2.24, 2.45) is 0 Å². The Hall–Kier alpha value is -4.74. The summed E-state index contributed by atoms with van der Waals surface area (Å²) in [6, 6.07) is 12.7. The van der Waals surface area contributed by atoms with Crippen LogP contribution < -0.4 is 10.1 Å². The van der Waals surface area contributed by atoms with Crippen LogP contribution in [0.25, 0.3) is 0 Å². The van der Waals surface area contributed by atoms with E-state index in [4.69, 9.17) is 9.47 Å². The van der Waals surface area contributed by atoms with Crippen LogP contribution in [0.5, 0.6) is 17.2 Å². The van der Waals surface area contributed by atoms with Crippen LogP contribution in [0.4, 0.5) is 18.0 Å². The third kappa shape index (κ3) is 8.18. The highest BCUT2D eigenvalue weighted by Crippen LogP contribution is 2.33. The number of carbonyl (C=O) groups excluding carboxylic acids is 2. The highest BCUT2D eigenvalue weighted by molar-refractivity contribution is 5.90. The van der Waals surface area contributed by atoms with E-state index in [-0.39, 0.29) is 30.9 Å². The first-order valence-electron chi connectivity index (χ1n) is 13.4. The number of carboxylic acids is 1. The summed E-state index contributed by atoms with van der Waals surface area (Å²) in [5.74, 6) is -1.45. The Morgan fingerprint density at radius 1 is 0.953 bits per heavy atom. The quantitative estimate of drug-likeness (QED) is 0.319. The minimum atomic E-state index is -4.48. The maximum absolute atomic E-state index is 13.5. The van der Waals surface area contributed by atoms with E-state index in [9.17, 15) is 37.8 Å². The number of fused-ring (bicyclic) bond motifs is 1. The molecule has 0 saturated carbocycles. The zero-order valence-corrected chi connectivity index (χ0v) is 23.6. The van der Waals surface area contributed by atoms with Crippen LogP contribution in [0, 0.1) is 0 Å². The zero-order valence-electron chi connectivity index (χ0n) is 23.6. The fourth-order valence-corrected chi connectivity index (χ4v) is 4.55. The van der Waals surface area contributed by atoms with Gasteiger partial charge in [-0.1, -0.05) is 18.2 Å². The predicted molar refractivity (Wildman–Crippen MR) is 149 cm³/mol. The SMILES string of the molecule is CC(C)(C)OC(=O)N1Cc2cc(Oc3ccc(C(F)(F)F)cc3)ccc2CC1C(=O)N[C@@H](Cc1ccc(O)cc1)C(=O)O. The van der Waals surface area contributed by atoms with Crippen molar-refractivity contribution in [1.82, 2.24) is 10.2 Å². The van der Waals surface area contributed by atoms with Crippen LogP contribution in [0.3, 0.4) is 0 Å². The number of phenols is 1. The van der Waals surface area contributed by atoms with E-state index in [0.29, 0.717) is 22.4 Å². The number of alkyl halides is 3. The van der Waals surface area contributed by atoms with E-state index >= 15 is 0 Å². The first-order chi connectivity index (χ1) is 20.1. The molecule has 4 rings (SSSR count). The van der Waals surface area contributed by atoms with Crippen LogP contribution in [-0.4, -0.2) is 50.8 Å². The smallest absolute Gasteiger partial charge is 0.416 e. The summed E-state index contributed by atoms with van der Waals surface area (Å²) in [6.07, 6.45) is -5.26. The van der Waals surface area contributed by atoms with Crippen LogP contribution >= 0.6 is 0 Å². The van der Waals surface area contributed by atoms with Gasteiger partial charge in [-0.3, -0.25) is 9.69 Å². The van der Waals surface area contributed by atoms with Gasteiger partial charge >= 0.3 is 18.2 Å². The van der Waals surface area contributed by atoms with E-state index in [2.05, 4.69) is 5.32 Å². The summed E-state index contributed by atoms with van der Waals surface area (Å²) in [6.45, 7) is 4.95. The molecule has 1 aliphatic rings. The van der Waals surface area contributed by atoms with E-state index < -0.39 is 47.4 Å². The summed E-state index contributed by atoms with van der Waals surface area (Å²) in [5, 5.41) is 21.8. The number of carboxylic acid groups (broad SMARTS) is 1. The number of amides is 2. The third-order valence-corrected chi connectivity index (χ3v) is 6.65. The third-order valence-electron chi connectivity index (χ3n) is 6.65. The number of nitrogens with zero attached hydrogens (tertiary/aromatic N) is 1. The second-order valence-electron chi connectivity index (χ2n) is 11.2. The Bertz CT molecular complexity index is 1480. The number of carbonyl (C=O) groups is 3. The molecule has 0 aromatic heterocycles. The molecule has 3 aromatic carbocycles. The van der Waals surface area contributed by atoms with Crippen molar-refractivity contribution in [2.45, 2.75) is 64.0 Å². The van der Waals surface area contributed by atoms with Crippen molar-refractivity contribution in [3.8, 4) is 17.2 Å². The minimum Gasteiger partial charge on any atom is -0.508 e. The Morgan fingerprint density at radius 2 is 1.58 bits per heavy atom. The number of halogens is 3. The van der Waals surface area contributed by atoms with E-state index in [0.717, 1.165) is 12.1 Å². The molecule has 0 spiro atoms. The maximum atomic E-state index is 13.5. The number of ether oxygens (including phenoxy) is 2. The predicted octanol–water partition coefficient (Wildman–Crippen LogP) is 5.68. The van der Waals surface area contributed by atoms with Gasteiger partial charge in [0.2, 0.25) is 5.91 Å². The summed E-state index contributed by atoms with van der Waals surface area (Å²) in [5.41, 5.74) is 0.206. The molecule has 0 saturated heterocycles. The normalized spacial score (nSPS) is 15.7. The summed E-state index contributed by atoms with van der Waals surface area (Å²) in [4.78, 5) is 39.9. The van der Waals surface area contributed by atoms with Crippen LogP contribution in [0.2, 0.25) is 0 Å². The number of nitrogens with one attached hydrogen (secondary N) is 1. The number of aliphatic carboxylic acids is 1. The molecule has 1 heterocycles. The molecule has 0 radical (unpaired) electrons. The summed E-state index contributed by atoms with van der Waals surface area (Å²) < 4.78 is 50.0. The topological polar surface area (TPSA) is 125 Å². The van der Waals surface area contributed by atoms with Gasteiger partial charge in [-0.2, -0.15) is 13.2 Å². The van der Waals surface area contributed by atoms with Crippen molar-refractivity contribution in [3.05, 3.63) is 89.0 Å². The first-order valence-corrected chi connectivity index (χ1v) is 13.4. The van der Waals surface area contributed by atoms with Gasteiger partial charge in [0.15, 0.2) is 0 Å². The highest BCUT2D eigenvalue weighted by Gasteiger charge is 2.38. The molecule has 9 nitrogen and oxygen atoms in total. The number of hydrogen-bond acceptors (Lipinski definition) is 6. The monoisotopic (exact) mass is 600 g/mol. The first kappa shape index (κ1) is 31.2. The molecule has 1 unspecified atom stereocenters. The number of phenolic OH excluding ortho intramolecular Hbond substituents is 1. The van der Waals surface area contributed by atoms with Crippen molar-refractivity contribution in [2.75, 3.05) is 0 Å². The summed E-state index contributed by atoms with van der Waals surface area (Å²) in [7, 11) is 0. The van der Waals surface area contributed by atoms with Crippen molar-refractivity contribution < 1.29 is 47.2 Å². The van der Waals surface area contributed by atoms with Gasteiger partial charge in [0.25, 0.3) is 0 Å². The number of hydrogen-bond donors (Lipinski definition) is 3. The fourth-order valence-electron chi connectivity index (χ4n) is 4.55. The van der Waals surface area contributed by atoms with Gasteiger partial charge < -0.3 is 25.0 Å². The van der Waals surface area contributed by atoms with Crippen molar-refractivity contribution >= 4 is 18.0 Å². The standard InChI is InChI=1S/C31H31F3N2O7/c1-30(2,3)43-29(41)36-17-20-15-24(42-23-12-7-21(8-13-23)31(32,33)34)11-6-19(20)16-26(36)27(38)35-25(28(39)40)14-18-4-9-22(37)10-5-18/h4-13,15,25-26,37H,14,16-17H2,1-3H3,(H,35,38)(H,39,40)/t25-,26?/m0/s1. The second kappa shape index (κ2) is 12.2. The molecule has 228 valence electrons. The van der Waals surface area contributed by atoms with E-state index in [1.165, 1.54) is 29.2 Å². The summed E-state index contributed by atoms with van der Waals surface area (Å²) >= 11 is 0. The Labute approximate surface area is 245 Å². The molecule has 12 heteroatoms. The lowest BCUT2D eigenvalue weighted by atomic mass is 9.93. The molecule has 2 amide bonds. The minimum absolute atomic E-state index is 0.0152. The van der Waals surface area contributed by atoms with Gasteiger partial charge in [0.05, 0.1) is 12.1 Å². The van der Waals surface area contributed by atoms with Gasteiger partial charge in [0, 0.05) is 12.8 Å². The second-order valence-corrected chi connectivity index (χ2v) is 11.2. The molecule has 3 aromatic rings. The maximum Gasteiger partial charge on any atom is 0.416 e. The van der Waals surface area contributed by atoms with Crippen molar-refractivity contribution in [3.63, 3.8) is 0 Å². The fraction of sp³-hybridized carbons (Fsp3) is 0.323. The van der Waals surface area contributed by atoms with Crippen LogP contribution in [0.1, 0.15) is 43.0 Å². The number of aromatic hydroxyl groups is 1. The number of benzene rings is 3. The molecule has 0 bridgehead atoms. The Morgan fingerprint density at radius 3 is 2.16 bits per heavy atom. The molecule has 2 atom stereocenters. The van der Waals surface area contributed by atoms with Gasteiger partial charge in [-0.15, -0.1) is 0 Å². The highest BCUT2D eigenvalue weighted by atomic mass is 19.4. The Kier molecular flexibility index (Phi) is 8.88. The van der Waals surface area contributed by atoms with Crippen LogP contribution in [-0.2, 0) is 39.9 Å². The van der Waals surface area contributed by atoms with E-state index in [1.807, 2.05) is 0 Å². The van der Waals surface area contributed by atoms with Crippen LogP contribution in [0.15, 0.2) is 66.7 Å². The molecular formula is C31H31F3N2O7. The molecule has 0 aliphatic carbocycles. The van der Waals surface area contributed by atoms with Gasteiger partial charge in [-0.05, 0) is 86.0 Å². The van der Waals surface area contributed by atoms with Gasteiger partial charge in [0.1, 0.15) is 34.9 Å². The average molecular weight is 601 g/mol. The Balaban J connectivity index is 1.56. The average Bonchev–Trinajstić information content (AvgIpc) is 2.92. The largest absolute Gasteiger partial charge is 0.508 e. The molecule has 0 fully saturated rings. The molecular weight excluding hydrogens is 569 g/mol. The van der Waals surface area contributed by atoms with E-state index in [1.54, 1.807) is 51.1 Å².